The van der Waals surface area contributed by atoms with Gasteiger partial charge in [-0.1, -0.05) is 40.5 Å². The van der Waals surface area contributed by atoms with E-state index in [1.165, 1.54) is 0 Å². The van der Waals surface area contributed by atoms with Crippen LogP contribution in [-0.2, 0) is 11.3 Å². The molecule has 2 aromatic heterocycles. The summed E-state index contributed by atoms with van der Waals surface area (Å²) in [6.07, 6.45) is 1.11. The Kier molecular flexibility index (Phi) is 6.10. The summed E-state index contributed by atoms with van der Waals surface area (Å²) in [7, 11) is 0. The molecule has 9 heteroatoms. The number of amides is 1. The van der Waals surface area contributed by atoms with Crippen molar-refractivity contribution in [3.05, 3.63) is 52.0 Å². The van der Waals surface area contributed by atoms with E-state index in [1.807, 2.05) is 12.1 Å². The molecule has 7 nitrogen and oxygen atoms in total. The quantitative estimate of drug-likeness (QED) is 0.587. The summed E-state index contributed by atoms with van der Waals surface area (Å²) in [6.45, 7) is 7.24. The molecule has 0 aliphatic heterocycles. The summed E-state index contributed by atoms with van der Waals surface area (Å²) in [5, 5.41) is 7.34. The van der Waals surface area contributed by atoms with E-state index in [0.29, 0.717) is 33.0 Å². The Hall–Kier alpha value is -2.64. The van der Waals surface area contributed by atoms with Crippen molar-refractivity contribution in [2.45, 2.75) is 39.8 Å². The maximum atomic E-state index is 11.8. The number of carbonyl (C=O) groups is 1. The summed E-state index contributed by atoms with van der Waals surface area (Å²) < 4.78 is 10.5. The van der Waals surface area contributed by atoms with Crippen molar-refractivity contribution in [2.75, 3.05) is 0 Å². The van der Waals surface area contributed by atoms with E-state index >= 15 is 0 Å². The summed E-state index contributed by atoms with van der Waals surface area (Å²) >= 11 is 12.8. The minimum atomic E-state index is -0.582. The minimum absolute atomic E-state index is 0.138. The number of rotatable bonds is 4. The van der Waals surface area contributed by atoms with Gasteiger partial charge < -0.3 is 14.6 Å². The zero-order valence-electron chi connectivity index (χ0n) is 16.4. The molecule has 1 N–H and O–H groups in total. The number of benzene rings is 1. The third kappa shape index (κ3) is 5.25. The SMILES string of the molecule is Cc1noc(-c2c(Cl)cccc2-c2cnc(CNC(=O)OC(C)(C)C)c(Cl)c2)n1. The van der Waals surface area contributed by atoms with Crippen molar-refractivity contribution in [3.8, 4) is 22.6 Å². The predicted octanol–water partition coefficient (Wildman–Crippen LogP) is 5.44. The minimum Gasteiger partial charge on any atom is -0.444 e. The Morgan fingerprint density at radius 3 is 2.62 bits per heavy atom. The van der Waals surface area contributed by atoms with Gasteiger partial charge in [-0.3, -0.25) is 4.98 Å². The molecule has 1 amide bonds. The van der Waals surface area contributed by atoms with Gasteiger partial charge >= 0.3 is 6.09 Å². The van der Waals surface area contributed by atoms with Crippen LogP contribution in [0.2, 0.25) is 10.0 Å². The van der Waals surface area contributed by atoms with Crippen molar-refractivity contribution < 1.29 is 14.1 Å². The van der Waals surface area contributed by atoms with Gasteiger partial charge in [0.05, 0.1) is 27.8 Å². The number of nitrogens with one attached hydrogen (secondary N) is 1. The summed E-state index contributed by atoms with van der Waals surface area (Å²) in [5.74, 6) is 0.820. The topological polar surface area (TPSA) is 90.1 Å². The van der Waals surface area contributed by atoms with Crippen LogP contribution in [0.3, 0.4) is 0 Å². The normalized spacial score (nSPS) is 11.4. The molecule has 29 heavy (non-hydrogen) atoms. The van der Waals surface area contributed by atoms with E-state index in [1.54, 1.807) is 46.0 Å². The average Bonchev–Trinajstić information content (AvgIpc) is 3.05. The second-order valence-electron chi connectivity index (χ2n) is 7.32. The fourth-order valence-electron chi connectivity index (χ4n) is 2.59. The van der Waals surface area contributed by atoms with Crippen molar-refractivity contribution in [2.24, 2.45) is 0 Å². The number of halogens is 2. The summed E-state index contributed by atoms with van der Waals surface area (Å²) in [6, 6.07) is 7.18. The van der Waals surface area contributed by atoms with Crippen LogP contribution in [0, 0.1) is 6.92 Å². The van der Waals surface area contributed by atoms with Gasteiger partial charge in [-0.2, -0.15) is 4.98 Å². The maximum Gasteiger partial charge on any atom is 0.407 e. The van der Waals surface area contributed by atoms with Crippen molar-refractivity contribution in [3.63, 3.8) is 0 Å². The highest BCUT2D eigenvalue weighted by atomic mass is 35.5. The predicted molar refractivity (Wildman–Crippen MR) is 111 cm³/mol. The number of pyridine rings is 1. The van der Waals surface area contributed by atoms with Gasteiger partial charge in [-0.25, -0.2) is 4.79 Å². The van der Waals surface area contributed by atoms with E-state index in [-0.39, 0.29) is 6.54 Å². The lowest BCUT2D eigenvalue weighted by atomic mass is 10.0. The van der Waals surface area contributed by atoms with Crippen molar-refractivity contribution >= 4 is 29.3 Å². The standard InChI is InChI=1S/C20H20Cl2N4O3/c1-11-25-18(29-26-11)17-13(6-5-7-14(17)21)12-8-15(22)16(23-9-12)10-24-19(27)28-20(2,3)4/h5-9H,10H2,1-4H3,(H,24,27). The zero-order valence-corrected chi connectivity index (χ0v) is 17.9. The molecule has 0 spiro atoms. The lowest BCUT2D eigenvalue weighted by molar-refractivity contribution is 0.0523. The fourth-order valence-corrected chi connectivity index (χ4v) is 3.08. The number of hydrogen-bond acceptors (Lipinski definition) is 6. The molecule has 0 unspecified atom stereocenters. The van der Waals surface area contributed by atoms with Gasteiger partial charge in [-0.05, 0) is 45.4 Å². The Morgan fingerprint density at radius 2 is 2.00 bits per heavy atom. The number of aromatic nitrogens is 3. The molecule has 2 heterocycles. The lowest BCUT2D eigenvalue weighted by Gasteiger charge is -2.19. The molecule has 0 saturated heterocycles. The van der Waals surface area contributed by atoms with E-state index in [4.69, 9.17) is 32.5 Å². The Balaban J connectivity index is 1.86. The van der Waals surface area contributed by atoms with Gasteiger partial charge in [0.1, 0.15) is 5.60 Å². The first-order valence-electron chi connectivity index (χ1n) is 8.85. The van der Waals surface area contributed by atoms with Gasteiger partial charge in [0.2, 0.25) is 0 Å². The maximum absolute atomic E-state index is 11.8. The van der Waals surface area contributed by atoms with Crippen molar-refractivity contribution in [1.29, 1.82) is 0 Å². The third-order valence-electron chi connectivity index (χ3n) is 3.78. The van der Waals surface area contributed by atoms with Gasteiger partial charge in [0.25, 0.3) is 5.89 Å². The summed E-state index contributed by atoms with van der Waals surface area (Å²) in [4.78, 5) is 20.5. The molecule has 0 aliphatic carbocycles. The Labute approximate surface area is 178 Å². The van der Waals surface area contributed by atoms with Crippen LogP contribution in [0.1, 0.15) is 32.3 Å². The van der Waals surface area contributed by atoms with Gasteiger partial charge in [0.15, 0.2) is 5.82 Å². The van der Waals surface area contributed by atoms with Crippen LogP contribution in [0.25, 0.3) is 22.6 Å². The first-order valence-corrected chi connectivity index (χ1v) is 9.60. The molecule has 3 aromatic rings. The highest BCUT2D eigenvalue weighted by molar-refractivity contribution is 6.34. The van der Waals surface area contributed by atoms with Crippen LogP contribution in [0.15, 0.2) is 35.0 Å². The highest BCUT2D eigenvalue weighted by Gasteiger charge is 2.19. The van der Waals surface area contributed by atoms with Gasteiger partial charge in [-0.15, -0.1) is 0 Å². The monoisotopic (exact) mass is 434 g/mol. The van der Waals surface area contributed by atoms with E-state index in [2.05, 4.69) is 20.4 Å². The fraction of sp³-hybridized carbons (Fsp3) is 0.300. The second-order valence-corrected chi connectivity index (χ2v) is 8.13. The number of alkyl carbamates (subject to hydrolysis) is 1. The molecule has 3 rings (SSSR count). The average molecular weight is 435 g/mol. The number of aryl methyl sites for hydroxylation is 1. The molecule has 0 radical (unpaired) electrons. The molecule has 0 bridgehead atoms. The molecule has 152 valence electrons. The molecule has 1 aromatic carbocycles. The first-order chi connectivity index (χ1) is 13.6. The second kappa shape index (κ2) is 8.39. The Bertz CT molecular complexity index is 1040. The Morgan fingerprint density at radius 1 is 1.24 bits per heavy atom. The lowest BCUT2D eigenvalue weighted by Crippen LogP contribution is -2.32. The molecule has 0 atom stereocenters. The number of nitrogens with zero attached hydrogens (tertiary/aromatic N) is 3. The van der Waals surface area contributed by atoms with Crippen molar-refractivity contribution in [1.82, 2.24) is 20.4 Å². The molecular weight excluding hydrogens is 415 g/mol. The number of carbonyl (C=O) groups excluding carboxylic acids is 1. The largest absolute Gasteiger partial charge is 0.444 e. The van der Waals surface area contributed by atoms with Gasteiger partial charge in [0, 0.05) is 11.8 Å². The molecule has 0 aliphatic rings. The molecule has 0 saturated carbocycles. The number of ether oxygens (including phenoxy) is 1. The zero-order chi connectivity index (χ0) is 21.2. The molecule has 0 fully saturated rings. The van der Waals surface area contributed by atoms with E-state index in [0.717, 1.165) is 11.1 Å². The third-order valence-corrected chi connectivity index (χ3v) is 4.42. The van der Waals surface area contributed by atoms with E-state index < -0.39 is 11.7 Å². The number of hydrogen-bond donors (Lipinski definition) is 1. The van der Waals surface area contributed by atoms with Crippen LogP contribution < -0.4 is 5.32 Å². The van der Waals surface area contributed by atoms with Crippen LogP contribution in [0.5, 0.6) is 0 Å². The molecular formula is C20H20Cl2N4O3. The highest BCUT2D eigenvalue weighted by Crippen LogP contribution is 2.37. The smallest absolute Gasteiger partial charge is 0.407 e. The van der Waals surface area contributed by atoms with Crippen LogP contribution >= 0.6 is 23.2 Å². The summed E-state index contributed by atoms with van der Waals surface area (Å²) in [5.41, 5.74) is 2.01. The van der Waals surface area contributed by atoms with E-state index in [9.17, 15) is 4.79 Å². The van der Waals surface area contributed by atoms with Crippen LogP contribution in [0.4, 0.5) is 4.79 Å². The first kappa shape index (κ1) is 21.1. The van der Waals surface area contributed by atoms with Crippen LogP contribution in [-0.4, -0.2) is 26.8 Å².